The molecule has 272 valence electrons. The third-order valence-corrected chi connectivity index (χ3v) is 10.6. The number of carbonyl (C=O) groups excluding carboxylic acids is 4. The molecule has 14 nitrogen and oxygen atoms in total. The summed E-state index contributed by atoms with van der Waals surface area (Å²) in [4.78, 5) is 53.2. The molecule has 4 heterocycles. The summed E-state index contributed by atoms with van der Waals surface area (Å²) in [6.07, 6.45) is 4.72. The SMILES string of the molecule is CC(C)(C)OC(=O)N1CCC(CC(=O)Nc2nnc(CCSCCc3nnc(NC(=O)CC4CCN(C(=O)OC(C)(C)C)CC4)s3)s2)CC1. The summed E-state index contributed by atoms with van der Waals surface area (Å²) in [5.41, 5.74) is -1.04. The number of hydrogen-bond acceptors (Lipinski definition) is 13. The largest absolute Gasteiger partial charge is 0.444 e. The molecule has 0 radical (unpaired) electrons. The third-order valence-electron chi connectivity index (χ3n) is 7.83. The Balaban J connectivity index is 1.05. The lowest BCUT2D eigenvalue weighted by atomic mass is 9.93. The van der Waals surface area contributed by atoms with E-state index >= 15 is 0 Å². The minimum Gasteiger partial charge on any atom is -0.444 e. The Morgan fingerprint density at radius 3 is 1.39 bits per heavy atom. The maximum atomic E-state index is 12.6. The number of rotatable bonds is 12. The number of amides is 4. The van der Waals surface area contributed by atoms with Gasteiger partial charge in [-0.1, -0.05) is 22.7 Å². The smallest absolute Gasteiger partial charge is 0.410 e. The first-order valence-corrected chi connectivity index (χ1v) is 19.7. The highest BCUT2D eigenvalue weighted by Crippen LogP contribution is 2.26. The fourth-order valence-corrected chi connectivity index (χ4v) is 8.04. The van der Waals surface area contributed by atoms with E-state index in [0.29, 0.717) is 49.3 Å². The molecule has 2 saturated heterocycles. The van der Waals surface area contributed by atoms with Crippen LogP contribution in [0.5, 0.6) is 0 Å². The van der Waals surface area contributed by atoms with Crippen molar-refractivity contribution in [1.29, 1.82) is 0 Å². The molecule has 17 heteroatoms. The number of piperidine rings is 2. The molecule has 49 heavy (non-hydrogen) atoms. The maximum absolute atomic E-state index is 12.6. The van der Waals surface area contributed by atoms with E-state index < -0.39 is 11.2 Å². The van der Waals surface area contributed by atoms with Gasteiger partial charge in [0.05, 0.1) is 0 Å². The van der Waals surface area contributed by atoms with Crippen LogP contribution in [-0.2, 0) is 31.9 Å². The lowest BCUT2D eigenvalue weighted by Gasteiger charge is -2.33. The van der Waals surface area contributed by atoms with Gasteiger partial charge in [0.15, 0.2) is 0 Å². The fraction of sp³-hybridized carbons (Fsp3) is 0.750. The van der Waals surface area contributed by atoms with E-state index in [1.807, 2.05) is 41.5 Å². The van der Waals surface area contributed by atoms with Crippen molar-refractivity contribution >= 4 is 68.7 Å². The van der Waals surface area contributed by atoms with Crippen LogP contribution in [0.2, 0.25) is 0 Å². The minimum absolute atomic E-state index is 0.0824. The Bertz CT molecular complexity index is 1300. The van der Waals surface area contributed by atoms with Crippen LogP contribution in [0.25, 0.3) is 0 Å². The first kappa shape index (κ1) is 38.7. The number of thioether (sulfide) groups is 1. The summed E-state index contributed by atoms with van der Waals surface area (Å²) < 4.78 is 10.9. The van der Waals surface area contributed by atoms with Crippen LogP contribution in [0, 0.1) is 11.8 Å². The number of anilines is 2. The van der Waals surface area contributed by atoms with Crippen molar-refractivity contribution in [2.75, 3.05) is 48.3 Å². The van der Waals surface area contributed by atoms with Gasteiger partial charge in [0.2, 0.25) is 22.1 Å². The van der Waals surface area contributed by atoms with Gasteiger partial charge in [-0.25, -0.2) is 9.59 Å². The first-order chi connectivity index (χ1) is 23.1. The molecular formula is C32H50N8O6S3. The minimum atomic E-state index is -0.521. The highest BCUT2D eigenvalue weighted by molar-refractivity contribution is 7.99. The summed E-state index contributed by atoms with van der Waals surface area (Å²) in [7, 11) is 0. The highest BCUT2D eigenvalue weighted by atomic mass is 32.2. The van der Waals surface area contributed by atoms with Crippen LogP contribution < -0.4 is 10.6 Å². The standard InChI is InChI=1S/C32H50N8O6S3/c1-31(2,3)45-29(43)39-13-7-21(8-14-39)19-23(41)33-27-37-35-25(48-27)11-17-47-18-12-26-36-38-28(49-26)34-24(42)20-22-9-15-40(16-10-22)30(44)46-32(4,5)6/h21-22H,7-20H2,1-6H3,(H,33,37,41)(H,34,38,42). The number of nitrogens with one attached hydrogen (secondary N) is 2. The molecule has 2 aliphatic heterocycles. The molecule has 4 rings (SSSR count). The number of aryl methyl sites for hydroxylation is 2. The third kappa shape index (κ3) is 14.0. The second-order valence-corrected chi connectivity index (χ2v) is 17.8. The Hall–Kier alpha value is -3.05. The predicted octanol–water partition coefficient (Wildman–Crippen LogP) is 5.86. The lowest BCUT2D eigenvalue weighted by Crippen LogP contribution is -2.42. The van der Waals surface area contributed by atoms with Gasteiger partial charge >= 0.3 is 12.2 Å². The molecule has 2 N–H and O–H groups in total. The van der Waals surface area contributed by atoms with E-state index in [-0.39, 0.29) is 35.8 Å². The van der Waals surface area contributed by atoms with E-state index in [0.717, 1.165) is 60.0 Å². The summed E-state index contributed by atoms with van der Waals surface area (Å²) in [6.45, 7) is 13.5. The number of likely N-dealkylation sites (tertiary alicyclic amines) is 2. The van der Waals surface area contributed by atoms with Crippen LogP contribution in [0.1, 0.15) is 90.1 Å². The second-order valence-electron chi connectivity index (χ2n) is 14.4. The molecule has 0 saturated carbocycles. The second kappa shape index (κ2) is 17.7. The van der Waals surface area contributed by atoms with Gasteiger partial charge in [-0.15, -0.1) is 20.4 Å². The lowest BCUT2D eigenvalue weighted by molar-refractivity contribution is -0.118. The molecule has 2 fully saturated rings. The van der Waals surface area contributed by atoms with Gasteiger partial charge in [-0.3, -0.25) is 9.59 Å². The van der Waals surface area contributed by atoms with Crippen molar-refractivity contribution in [3.05, 3.63) is 10.0 Å². The van der Waals surface area contributed by atoms with Crippen LogP contribution in [0.3, 0.4) is 0 Å². The van der Waals surface area contributed by atoms with E-state index in [1.54, 1.807) is 21.6 Å². The Morgan fingerprint density at radius 2 is 1.04 bits per heavy atom. The number of aromatic nitrogens is 4. The first-order valence-electron chi connectivity index (χ1n) is 16.9. The average Bonchev–Trinajstić information content (AvgIpc) is 3.64. The van der Waals surface area contributed by atoms with Gasteiger partial charge < -0.3 is 29.9 Å². The molecule has 2 aromatic rings. The highest BCUT2D eigenvalue weighted by Gasteiger charge is 2.29. The average molecular weight is 739 g/mol. The summed E-state index contributed by atoms with van der Waals surface area (Å²) in [5, 5.41) is 25.2. The summed E-state index contributed by atoms with van der Waals surface area (Å²) in [5.74, 6) is 1.97. The Morgan fingerprint density at radius 1 is 0.673 bits per heavy atom. The van der Waals surface area contributed by atoms with Crippen molar-refractivity contribution < 1.29 is 28.7 Å². The number of ether oxygens (including phenoxy) is 2. The fourth-order valence-electron chi connectivity index (χ4n) is 5.39. The normalized spacial score (nSPS) is 16.4. The zero-order valence-corrected chi connectivity index (χ0v) is 31.9. The molecule has 0 aliphatic carbocycles. The molecule has 2 aromatic heterocycles. The van der Waals surface area contributed by atoms with Crippen molar-refractivity contribution in [3.63, 3.8) is 0 Å². The maximum Gasteiger partial charge on any atom is 0.410 e. The van der Waals surface area contributed by atoms with Gasteiger partial charge in [0.1, 0.15) is 21.2 Å². The van der Waals surface area contributed by atoms with E-state index in [2.05, 4.69) is 31.0 Å². The van der Waals surface area contributed by atoms with Crippen molar-refractivity contribution in [1.82, 2.24) is 30.2 Å². The zero-order chi connectivity index (χ0) is 35.6. The summed E-state index contributed by atoms with van der Waals surface area (Å²) in [6, 6.07) is 0. The number of carbonyl (C=O) groups is 4. The molecule has 0 atom stereocenters. The Labute approximate surface area is 300 Å². The van der Waals surface area contributed by atoms with Crippen molar-refractivity contribution in [3.8, 4) is 0 Å². The van der Waals surface area contributed by atoms with Crippen LogP contribution >= 0.6 is 34.4 Å². The predicted molar refractivity (Wildman–Crippen MR) is 192 cm³/mol. The Kier molecular flexibility index (Phi) is 14.0. The van der Waals surface area contributed by atoms with Gasteiger partial charge in [-0.2, -0.15) is 11.8 Å². The molecule has 0 unspecified atom stereocenters. The topological polar surface area (TPSA) is 169 Å². The van der Waals surface area contributed by atoms with Crippen molar-refractivity contribution in [2.45, 2.75) is 104 Å². The van der Waals surface area contributed by atoms with Gasteiger partial charge in [0.25, 0.3) is 0 Å². The number of nitrogens with zero attached hydrogens (tertiary/aromatic N) is 6. The van der Waals surface area contributed by atoms with Crippen molar-refractivity contribution in [2.24, 2.45) is 11.8 Å². The molecule has 0 spiro atoms. The molecule has 4 amide bonds. The van der Waals surface area contributed by atoms with Crippen LogP contribution in [0.15, 0.2) is 0 Å². The van der Waals surface area contributed by atoms with E-state index in [4.69, 9.17) is 9.47 Å². The number of hydrogen-bond donors (Lipinski definition) is 2. The van der Waals surface area contributed by atoms with E-state index in [1.165, 1.54) is 22.7 Å². The summed E-state index contributed by atoms with van der Waals surface area (Å²) >= 11 is 4.56. The molecule has 0 aromatic carbocycles. The quantitative estimate of drug-likeness (QED) is 0.250. The van der Waals surface area contributed by atoms with Gasteiger partial charge in [-0.05, 0) is 90.6 Å². The molecule has 2 aliphatic rings. The van der Waals surface area contributed by atoms with Crippen LogP contribution in [0.4, 0.5) is 19.9 Å². The molecule has 0 bridgehead atoms. The van der Waals surface area contributed by atoms with Gasteiger partial charge in [0, 0.05) is 51.9 Å². The van der Waals surface area contributed by atoms with Crippen LogP contribution in [-0.4, -0.2) is 103 Å². The monoisotopic (exact) mass is 738 g/mol. The molecular weight excluding hydrogens is 689 g/mol. The van der Waals surface area contributed by atoms with E-state index in [9.17, 15) is 19.2 Å². The zero-order valence-electron chi connectivity index (χ0n) is 29.4.